The Morgan fingerprint density at radius 1 is 0.872 bits per heavy atom. The van der Waals surface area contributed by atoms with E-state index in [0.29, 0.717) is 17.1 Å². The summed E-state index contributed by atoms with van der Waals surface area (Å²) in [6, 6.07) is 7.97. The molecule has 2 aromatic rings. The van der Waals surface area contributed by atoms with Gasteiger partial charge in [0.2, 0.25) is 12.0 Å². The molecule has 0 aliphatic carbocycles. The van der Waals surface area contributed by atoms with E-state index in [-0.39, 0.29) is 23.9 Å². The van der Waals surface area contributed by atoms with E-state index in [1.807, 2.05) is 0 Å². The number of benzene rings is 2. The maximum atomic E-state index is 11.1. The van der Waals surface area contributed by atoms with Crippen molar-refractivity contribution in [2.24, 2.45) is 0 Å². The molecule has 3 rings (SSSR count). The van der Waals surface area contributed by atoms with Crippen LogP contribution in [0.15, 0.2) is 36.4 Å². The largest absolute Gasteiger partial charge is 0.493 e. The van der Waals surface area contributed by atoms with Crippen molar-refractivity contribution in [1.29, 1.82) is 0 Å². The van der Waals surface area contributed by atoms with Crippen LogP contribution in [-0.2, 0) is 4.74 Å². The van der Waals surface area contributed by atoms with Crippen LogP contribution in [0.2, 0.25) is 0 Å². The van der Waals surface area contributed by atoms with Gasteiger partial charge in [-0.15, -0.1) is 0 Å². The van der Waals surface area contributed by atoms with E-state index in [4.69, 9.17) is 33.5 Å². The van der Waals surface area contributed by atoms with E-state index in [1.54, 1.807) is 37.3 Å². The van der Waals surface area contributed by atoms with E-state index >= 15 is 0 Å². The van der Waals surface area contributed by atoms with Crippen LogP contribution in [0.1, 0.15) is 24.2 Å². The molecule has 12 heteroatoms. The zero-order valence-corrected chi connectivity index (χ0v) is 22.1. The molecule has 1 fully saturated rings. The fourth-order valence-electron chi connectivity index (χ4n) is 4.08. The fraction of sp³-hybridized carbons (Fsp3) is 0.481. The normalized spacial score (nSPS) is 24.7. The first kappa shape index (κ1) is 30.4. The standard InChI is InChI=1S/C27H36O12/c1-14(37-26-19(35-3)10-15(6-5-9-28)11-20(26)36-4)22(30)16-7-8-17(18(12-16)34-2)38-27-25(33)24(32)23(31)21(13-29)39-27/h5-8,10-12,14,21-25,27-33H,9,13H2,1-4H3. The van der Waals surface area contributed by atoms with E-state index in [2.05, 4.69) is 0 Å². The Morgan fingerprint density at radius 3 is 2.08 bits per heavy atom. The predicted molar refractivity (Wildman–Crippen MR) is 138 cm³/mol. The number of ether oxygens (including phenoxy) is 6. The van der Waals surface area contributed by atoms with Crippen molar-refractivity contribution in [3.8, 4) is 28.7 Å². The summed E-state index contributed by atoms with van der Waals surface area (Å²) in [6.45, 7) is 0.943. The minimum Gasteiger partial charge on any atom is -0.493 e. The zero-order valence-electron chi connectivity index (χ0n) is 22.1. The van der Waals surface area contributed by atoms with Gasteiger partial charge in [0, 0.05) is 0 Å². The maximum absolute atomic E-state index is 11.1. The zero-order chi connectivity index (χ0) is 28.7. The van der Waals surface area contributed by atoms with Crippen LogP contribution in [0.5, 0.6) is 28.7 Å². The van der Waals surface area contributed by atoms with Gasteiger partial charge in [-0.25, -0.2) is 0 Å². The summed E-state index contributed by atoms with van der Waals surface area (Å²) < 4.78 is 33.4. The van der Waals surface area contributed by atoms with Crippen LogP contribution in [-0.4, -0.2) is 102 Å². The van der Waals surface area contributed by atoms with Crippen LogP contribution in [0, 0.1) is 0 Å². The fourth-order valence-corrected chi connectivity index (χ4v) is 4.08. The number of hydrogen-bond donors (Lipinski definition) is 6. The van der Waals surface area contributed by atoms with Crippen LogP contribution < -0.4 is 23.7 Å². The SMILES string of the molecule is COc1cc(C(O)C(C)Oc2c(OC)cc(C=CCO)cc2OC)ccc1OC1OC(CO)C(O)C(O)C1O. The summed E-state index contributed by atoms with van der Waals surface area (Å²) in [7, 11) is 4.33. The average Bonchev–Trinajstić information content (AvgIpc) is 2.96. The average molecular weight is 553 g/mol. The summed E-state index contributed by atoms with van der Waals surface area (Å²) in [6.07, 6.45) is -5.89. The molecular formula is C27H36O12. The van der Waals surface area contributed by atoms with Crippen LogP contribution >= 0.6 is 0 Å². The van der Waals surface area contributed by atoms with E-state index in [1.165, 1.54) is 33.5 Å². The Bertz CT molecular complexity index is 1080. The number of hydrogen-bond acceptors (Lipinski definition) is 12. The summed E-state index contributed by atoms with van der Waals surface area (Å²) in [4.78, 5) is 0. The maximum Gasteiger partial charge on any atom is 0.229 e. The molecule has 0 amide bonds. The van der Waals surface area contributed by atoms with E-state index in [9.17, 15) is 25.5 Å². The Labute approximate surface area is 226 Å². The first-order chi connectivity index (χ1) is 18.7. The Hall–Kier alpha value is -3.10. The number of aliphatic hydroxyl groups is 6. The quantitative estimate of drug-likeness (QED) is 0.214. The van der Waals surface area contributed by atoms with E-state index in [0.717, 1.165) is 5.56 Å². The van der Waals surface area contributed by atoms with Gasteiger partial charge < -0.3 is 59.1 Å². The molecule has 12 nitrogen and oxygen atoms in total. The highest BCUT2D eigenvalue weighted by Gasteiger charge is 2.45. The molecule has 1 heterocycles. The molecule has 7 atom stereocenters. The minimum atomic E-state index is -1.60. The van der Waals surface area contributed by atoms with Gasteiger partial charge in [-0.2, -0.15) is 0 Å². The summed E-state index contributed by atoms with van der Waals surface area (Å²) in [5.74, 6) is 1.33. The van der Waals surface area contributed by atoms with Gasteiger partial charge in [0.05, 0.1) is 34.5 Å². The second-order valence-corrected chi connectivity index (χ2v) is 8.83. The van der Waals surface area contributed by atoms with Crippen LogP contribution in [0.3, 0.4) is 0 Å². The molecule has 0 saturated carbocycles. The molecule has 0 spiro atoms. The molecule has 0 aromatic heterocycles. The molecule has 7 unspecified atom stereocenters. The summed E-state index contributed by atoms with van der Waals surface area (Å²) >= 11 is 0. The lowest BCUT2D eigenvalue weighted by atomic mass is 9.99. The van der Waals surface area contributed by atoms with Crippen LogP contribution in [0.4, 0.5) is 0 Å². The van der Waals surface area contributed by atoms with Crippen molar-refractivity contribution in [3.05, 3.63) is 47.5 Å². The van der Waals surface area contributed by atoms with Gasteiger partial charge in [-0.3, -0.25) is 0 Å². The Morgan fingerprint density at radius 2 is 1.51 bits per heavy atom. The third kappa shape index (κ3) is 6.92. The number of aliphatic hydroxyl groups excluding tert-OH is 6. The predicted octanol–water partition coefficient (Wildman–Crippen LogP) is 0.397. The Balaban J connectivity index is 1.80. The third-order valence-corrected chi connectivity index (χ3v) is 6.27. The minimum absolute atomic E-state index is 0.123. The van der Waals surface area contributed by atoms with E-state index < -0.39 is 49.5 Å². The highest BCUT2D eigenvalue weighted by molar-refractivity contribution is 5.62. The lowest BCUT2D eigenvalue weighted by molar-refractivity contribution is -0.277. The molecule has 1 aliphatic rings. The van der Waals surface area contributed by atoms with Gasteiger partial charge in [0.15, 0.2) is 23.0 Å². The lowest BCUT2D eigenvalue weighted by Crippen LogP contribution is -2.60. The smallest absolute Gasteiger partial charge is 0.229 e. The highest BCUT2D eigenvalue weighted by atomic mass is 16.7. The number of rotatable bonds is 12. The molecule has 39 heavy (non-hydrogen) atoms. The van der Waals surface area contributed by atoms with Crippen molar-refractivity contribution in [3.63, 3.8) is 0 Å². The van der Waals surface area contributed by atoms with Crippen molar-refractivity contribution >= 4 is 6.08 Å². The molecule has 216 valence electrons. The van der Waals surface area contributed by atoms with Crippen LogP contribution in [0.25, 0.3) is 6.08 Å². The summed E-state index contributed by atoms with van der Waals surface area (Å²) in [5.41, 5.74) is 1.14. The molecule has 2 aromatic carbocycles. The lowest BCUT2D eigenvalue weighted by Gasteiger charge is -2.39. The first-order valence-corrected chi connectivity index (χ1v) is 12.2. The highest BCUT2D eigenvalue weighted by Crippen LogP contribution is 2.41. The van der Waals surface area contributed by atoms with Gasteiger partial charge in [-0.05, 0) is 42.3 Å². The second-order valence-electron chi connectivity index (χ2n) is 8.83. The van der Waals surface area contributed by atoms with Gasteiger partial charge >= 0.3 is 0 Å². The van der Waals surface area contributed by atoms with Crippen molar-refractivity contribution in [2.45, 2.75) is 49.8 Å². The molecule has 1 aliphatic heterocycles. The Kier molecular flexibility index (Phi) is 10.8. The molecule has 0 radical (unpaired) electrons. The van der Waals surface area contributed by atoms with Crippen molar-refractivity contribution in [2.75, 3.05) is 34.5 Å². The molecule has 1 saturated heterocycles. The molecular weight excluding hydrogens is 516 g/mol. The topological polar surface area (TPSA) is 177 Å². The van der Waals surface area contributed by atoms with Gasteiger partial charge in [0.1, 0.15) is 36.6 Å². The molecule has 6 N–H and O–H groups in total. The first-order valence-electron chi connectivity index (χ1n) is 12.2. The third-order valence-electron chi connectivity index (χ3n) is 6.27. The van der Waals surface area contributed by atoms with Gasteiger partial charge in [0.25, 0.3) is 0 Å². The number of methoxy groups -OCH3 is 3. The summed E-state index contributed by atoms with van der Waals surface area (Å²) in [5, 5.41) is 59.8. The van der Waals surface area contributed by atoms with Gasteiger partial charge in [-0.1, -0.05) is 18.2 Å². The van der Waals surface area contributed by atoms with Crippen molar-refractivity contribution < 1.29 is 59.1 Å². The van der Waals surface area contributed by atoms with Crippen molar-refractivity contribution in [1.82, 2.24) is 0 Å². The second kappa shape index (κ2) is 13.8. The monoisotopic (exact) mass is 552 g/mol. The molecule has 0 bridgehead atoms.